The molecular weight excluding hydrogens is 288 g/mol. The molecule has 118 valence electrons. The molecule has 1 heterocycles. The molecule has 0 aromatic heterocycles. The first-order chi connectivity index (χ1) is 9.96. The Morgan fingerprint density at radius 3 is 2.81 bits per heavy atom. The van der Waals surface area contributed by atoms with Crippen molar-refractivity contribution in [2.45, 2.75) is 44.8 Å². The van der Waals surface area contributed by atoms with Gasteiger partial charge >= 0.3 is 0 Å². The summed E-state index contributed by atoms with van der Waals surface area (Å²) >= 11 is 0. The second-order valence-electron chi connectivity index (χ2n) is 5.60. The summed E-state index contributed by atoms with van der Waals surface area (Å²) in [5.74, 6) is 0. The number of ether oxygens (including phenoxy) is 1. The molecule has 0 radical (unpaired) electrons. The Kier molecular flexibility index (Phi) is 5.47. The molecule has 1 fully saturated rings. The van der Waals surface area contributed by atoms with Gasteiger partial charge in [0.05, 0.1) is 18.0 Å². The van der Waals surface area contributed by atoms with Crippen molar-refractivity contribution >= 4 is 21.4 Å². The fraction of sp³-hybridized carbons (Fsp3) is 0.600. The maximum Gasteiger partial charge on any atom is 0.229 e. The van der Waals surface area contributed by atoms with Crippen molar-refractivity contribution in [2.24, 2.45) is 0 Å². The van der Waals surface area contributed by atoms with Crippen molar-refractivity contribution in [3.05, 3.63) is 24.3 Å². The van der Waals surface area contributed by atoms with E-state index in [-0.39, 0.29) is 0 Å². The highest BCUT2D eigenvalue weighted by atomic mass is 32.2. The monoisotopic (exact) mass is 312 g/mol. The maximum atomic E-state index is 11.3. The van der Waals surface area contributed by atoms with Crippen LogP contribution in [0.2, 0.25) is 0 Å². The molecule has 5 nitrogen and oxygen atoms in total. The zero-order valence-electron chi connectivity index (χ0n) is 12.6. The van der Waals surface area contributed by atoms with Gasteiger partial charge in [0.1, 0.15) is 0 Å². The van der Waals surface area contributed by atoms with Crippen LogP contribution in [-0.4, -0.2) is 33.4 Å². The molecule has 0 aliphatic carbocycles. The number of anilines is 2. The topological polar surface area (TPSA) is 67.4 Å². The standard InChI is InChI=1S/C15H24N2O3S/c1-3-5-15-11-13(8-9-20-15)16-12-6-4-7-14(10-12)17-21(2,18)19/h4,6-7,10,13,15-17H,3,5,8-9,11H2,1-2H3. The van der Waals surface area contributed by atoms with Crippen LogP contribution in [0.15, 0.2) is 24.3 Å². The highest BCUT2D eigenvalue weighted by Crippen LogP contribution is 2.23. The predicted octanol–water partition coefficient (Wildman–Crippen LogP) is 2.82. The summed E-state index contributed by atoms with van der Waals surface area (Å²) < 4.78 is 30.8. The van der Waals surface area contributed by atoms with Gasteiger partial charge in [-0.2, -0.15) is 0 Å². The second-order valence-corrected chi connectivity index (χ2v) is 7.35. The molecular formula is C15H24N2O3S. The third-order valence-corrected chi connectivity index (χ3v) is 4.12. The average molecular weight is 312 g/mol. The van der Waals surface area contributed by atoms with E-state index in [9.17, 15) is 8.42 Å². The SMILES string of the molecule is CCCC1CC(Nc2cccc(NS(C)(=O)=O)c2)CCO1. The van der Waals surface area contributed by atoms with Crippen molar-refractivity contribution in [2.75, 3.05) is 22.9 Å². The molecule has 0 amide bonds. The molecule has 2 N–H and O–H groups in total. The van der Waals surface area contributed by atoms with E-state index in [1.165, 1.54) is 0 Å². The van der Waals surface area contributed by atoms with E-state index < -0.39 is 10.0 Å². The number of rotatable bonds is 6. The molecule has 2 rings (SSSR count). The van der Waals surface area contributed by atoms with Crippen LogP contribution in [0.25, 0.3) is 0 Å². The maximum absolute atomic E-state index is 11.3. The van der Waals surface area contributed by atoms with Gasteiger partial charge in [-0.25, -0.2) is 8.42 Å². The Morgan fingerprint density at radius 2 is 2.10 bits per heavy atom. The average Bonchev–Trinajstić information content (AvgIpc) is 2.38. The summed E-state index contributed by atoms with van der Waals surface area (Å²) in [6.07, 6.45) is 5.68. The van der Waals surface area contributed by atoms with Crippen molar-refractivity contribution in [1.29, 1.82) is 0 Å². The quantitative estimate of drug-likeness (QED) is 0.847. The molecule has 2 atom stereocenters. The van der Waals surface area contributed by atoms with Crippen molar-refractivity contribution in [3.8, 4) is 0 Å². The van der Waals surface area contributed by atoms with Crippen molar-refractivity contribution in [1.82, 2.24) is 0 Å². The van der Waals surface area contributed by atoms with Gasteiger partial charge in [0.25, 0.3) is 0 Å². The van der Waals surface area contributed by atoms with Gasteiger partial charge in [-0.15, -0.1) is 0 Å². The van der Waals surface area contributed by atoms with E-state index in [2.05, 4.69) is 17.0 Å². The summed E-state index contributed by atoms with van der Waals surface area (Å²) in [6.45, 7) is 2.95. The Morgan fingerprint density at radius 1 is 1.33 bits per heavy atom. The van der Waals surface area contributed by atoms with Crippen LogP contribution in [0, 0.1) is 0 Å². The first-order valence-corrected chi connectivity index (χ1v) is 9.31. The summed E-state index contributed by atoms with van der Waals surface area (Å²) in [7, 11) is -3.24. The van der Waals surface area contributed by atoms with Gasteiger partial charge in [0.15, 0.2) is 0 Å². The van der Waals surface area contributed by atoms with Gasteiger partial charge in [-0.05, 0) is 37.5 Å². The number of benzene rings is 1. The van der Waals surface area contributed by atoms with Crippen molar-refractivity contribution in [3.63, 3.8) is 0 Å². The van der Waals surface area contributed by atoms with Crippen LogP contribution < -0.4 is 10.0 Å². The zero-order valence-corrected chi connectivity index (χ0v) is 13.4. The summed E-state index contributed by atoms with van der Waals surface area (Å²) in [5, 5.41) is 3.48. The molecule has 6 heteroatoms. The molecule has 0 saturated carbocycles. The lowest BCUT2D eigenvalue weighted by molar-refractivity contribution is 0.00598. The summed E-state index contributed by atoms with van der Waals surface area (Å²) in [4.78, 5) is 0. The number of nitrogens with one attached hydrogen (secondary N) is 2. The molecule has 1 aliphatic heterocycles. The van der Waals surface area contributed by atoms with Crippen LogP contribution in [0.5, 0.6) is 0 Å². The third-order valence-electron chi connectivity index (χ3n) is 3.51. The molecule has 21 heavy (non-hydrogen) atoms. The van der Waals surface area contributed by atoms with Gasteiger partial charge in [0, 0.05) is 18.3 Å². The van der Waals surface area contributed by atoms with E-state index in [0.29, 0.717) is 17.8 Å². The number of hydrogen-bond donors (Lipinski definition) is 2. The van der Waals surface area contributed by atoms with Crippen molar-refractivity contribution < 1.29 is 13.2 Å². The lowest BCUT2D eigenvalue weighted by atomic mass is 10.00. The van der Waals surface area contributed by atoms with Gasteiger partial charge in [-0.1, -0.05) is 19.4 Å². The van der Waals surface area contributed by atoms with Crippen LogP contribution in [-0.2, 0) is 14.8 Å². The normalized spacial score (nSPS) is 22.8. The molecule has 1 saturated heterocycles. The summed E-state index contributed by atoms with van der Waals surface area (Å²) in [6, 6.07) is 7.75. The minimum Gasteiger partial charge on any atom is -0.382 e. The van der Waals surface area contributed by atoms with Crippen LogP contribution in [0.1, 0.15) is 32.6 Å². The lowest BCUT2D eigenvalue weighted by Gasteiger charge is -2.30. The van der Waals surface area contributed by atoms with Gasteiger partial charge in [0.2, 0.25) is 10.0 Å². The fourth-order valence-corrected chi connectivity index (χ4v) is 3.21. The van der Waals surface area contributed by atoms with Gasteiger partial charge < -0.3 is 10.1 Å². The number of hydrogen-bond acceptors (Lipinski definition) is 4. The van der Waals surface area contributed by atoms with Crippen LogP contribution >= 0.6 is 0 Å². The fourth-order valence-electron chi connectivity index (χ4n) is 2.66. The van der Waals surface area contributed by atoms with E-state index >= 15 is 0 Å². The summed E-state index contributed by atoms with van der Waals surface area (Å²) in [5.41, 5.74) is 1.52. The molecule has 1 aromatic carbocycles. The molecule has 0 bridgehead atoms. The first-order valence-electron chi connectivity index (χ1n) is 7.42. The Balaban J connectivity index is 1.97. The lowest BCUT2D eigenvalue weighted by Crippen LogP contribution is -2.34. The molecule has 1 aliphatic rings. The predicted molar refractivity (Wildman–Crippen MR) is 86.2 cm³/mol. The zero-order chi connectivity index (χ0) is 15.3. The minimum atomic E-state index is -3.24. The highest BCUT2D eigenvalue weighted by molar-refractivity contribution is 7.92. The Labute approximate surface area is 127 Å². The molecule has 2 unspecified atom stereocenters. The van der Waals surface area contributed by atoms with Crippen LogP contribution in [0.4, 0.5) is 11.4 Å². The largest absolute Gasteiger partial charge is 0.382 e. The Bertz CT molecular complexity index is 558. The Hall–Kier alpha value is -1.27. The molecule has 1 aromatic rings. The van der Waals surface area contributed by atoms with Gasteiger partial charge in [-0.3, -0.25) is 4.72 Å². The highest BCUT2D eigenvalue weighted by Gasteiger charge is 2.21. The minimum absolute atomic E-state index is 0.332. The molecule has 0 spiro atoms. The van der Waals surface area contributed by atoms with E-state index in [0.717, 1.165) is 44.2 Å². The van der Waals surface area contributed by atoms with E-state index in [1.54, 1.807) is 6.07 Å². The smallest absolute Gasteiger partial charge is 0.229 e. The third kappa shape index (κ3) is 5.55. The van der Waals surface area contributed by atoms with E-state index in [1.807, 2.05) is 18.2 Å². The van der Waals surface area contributed by atoms with E-state index in [4.69, 9.17) is 4.74 Å². The number of sulfonamides is 1. The van der Waals surface area contributed by atoms with Crippen LogP contribution in [0.3, 0.4) is 0 Å². The first kappa shape index (κ1) is 16.1. The second kappa shape index (κ2) is 7.13.